The third kappa shape index (κ3) is 5.33. The van der Waals surface area contributed by atoms with Gasteiger partial charge in [-0.05, 0) is 77.9 Å². The molecular weight excluding hydrogens is 472 g/mol. The van der Waals surface area contributed by atoms with Crippen LogP contribution in [0, 0.1) is 17.6 Å². The number of carbonyl (C=O) groups excluding carboxylic acids is 2. The number of nitrogens with zero attached hydrogens (tertiary/aromatic N) is 1. The molecule has 1 amide bonds. The van der Waals surface area contributed by atoms with Crippen molar-refractivity contribution in [3.8, 4) is 5.75 Å². The van der Waals surface area contributed by atoms with E-state index in [2.05, 4.69) is 0 Å². The highest BCUT2D eigenvalue weighted by atomic mass is 19.1. The summed E-state index contributed by atoms with van der Waals surface area (Å²) in [5, 5.41) is 0. The third-order valence-electron chi connectivity index (χ3n) is 6.30. The topological polar surface area (TPSA) is 46.6 Å². The minimum atomic E-state index is -0.592. The number of ether oxygens (including phenoxy) is 1. The standard InChI is InChI=1S/C31H23F2NO3/c32-24-10-6-22(7-11-24)29(35)19-18-28-30(34(31(28)36)26-14-12-25(33)13-15-26)23-8-16-27(17-9-23)37-20-21-4-2-1-3-5-21/h1-19,28,30H,20H2/b19-18+/t28-,30-/m1/s1. The second-order valence-corrected chi connectivity index (χ2v) is 8.73. The van der Waals surface area contributed by atoms with Gasteiger partial charge < -0.3 is 9.64 Å². The quantitative estimate of drug-likeness (QED) is 0.156. The molecule has 2 atom stereocenters. The van der Waals surface area contributed by atoms with Gasteiger partial charge in [-0.2, -0.15) is 0 Å². The van der Waals surface area contributed by atoms with E-state index in [4.69, 9.17) is 4.74 Å². The normalized spacial score (nSPS) is 17.0. The van der Waals surface area contributed by atoms with Crippen molar-refractivity contribution in [2.45, 2.75) is 12.6 Å². The molecule has 1 saturated heterocycles. The van der Waals surface area contributed by atoms with Crippen molar-refractivity contribution in [1.82, 2.24) is 0 Å². The molecule has 6 heteroatoms. The van der Waals surface area contributed by atoms with Crippen molar-refractivity contribution in [3.63, 3.8) is 0 Å². The maximum atomic E-state index is 13.5. The van der Waals surface area contributed by atoms with Gasteiger partial charge in [0.05, 0.1) is 12.0 Å². The molecule has 184 valence electrons. The summed E-state index contributed by atoms with van der Waals surface area (Å²) in [4.78, 5) is 27.3. The second-order valence-electron chi connectivity index (χ2n) is 8.73. The molecule has 0 bridgehead atoms. The van der Waals surface area contributed by atoms with Crippen molar-refractivity contribution in [3.05, 3.63) is 144 Å². The zero-order valence-corrected chi connectivity index (χ0v) is 19.8. The van der Waals surface area contributed by atoms with Crippen LogP contribution in [0.4, 0.5) is 14.5 Å². The van der Waals surface area contributed by atoms with E-state index in [0.717, 1.165) is 11.1 Å². The van der Waals surface area contributed by atoms with E-state index >= 15 is 0 Å². The second kappa shape index (κ2) is 10.6. The van der Waals surface area contributed by atoms with Crippen LogP contribution in [0.1, 0.15) is 27.5 Å². The number of halogens is 2. The van der Waals surface area contributed by atoms with Gasteiger partial charge in [-0.1, -0.05) is 48.5 Å². The predicted octanol–water partition coefficient (Wildman–Crippen LogP) is 6.69. The monoisotopic (exact) mass is 495 g/mol. The summed E-state index contributed by atoms with van der Waals surface area (Å²) in [5.74, 6) is -1.26. The van der Waals surface area contributed by atoms with Gasteiger partial charge in [0.25, 0.3) is 0 Å². The van der Waals surface area contributed by atoms with Gasteiger partial charge in [0, 0.05) is 11.3 Å². The number of anilines is 1. The van der Waals surface area contributed by atoms with Crippen LogP contribution in [-0.2, 0) is 11.4 Å². The molecule has 0 spiro atoms. The third-order valence-corrected chi connectivity index (χ3v) is 6.30. The summed E-state index contributed by atoms with van der Waals surface area (Å²) in [6.07, 6.45) is 2.93. The molecular formula is C31H23F2NO3. The summed E-state index contributed by atoms with van der Waals surface area (Å²) in [7, 11) is 0. The molecule has 1 fully saturated rings. The molecule has 37 heavy (non-hydrogen) atoms. The number of carbonyl (C=O) groups is 2. The SMILES string of the molecule is O=C(/C=C/[C@H]1C(=O)N(c2ccc(F)cc2)[C@@H]1c1ccc(OCc2ccccc2)cc1)c1ccc(F)cc1. The summed E-state index contributed by atoms with van der Waals surface area (Å²) < 4.78 is 32.6. The highest BCUT2D eigenvalue weighted by Gasteiger charge is 2.47. The number of ketones is 1. The highest BCUT2D eigenvalue weighted by molar-refractivity contribution is 6.07. The lowest BCUT2D eigenvalue weighted by molar-refractivity contribution is -0.128. The van der Waals surface area contributed by atoms with Crippen LogP contribution >= 0.6 is 0 Å². The fourth-order valence-electron chi connectivity index (χ4n) is 4.35. The van der Waals surface area contributed by atoms with Crippen LogP contribution < -0.4 is 9.64 Å². The predicted molar refractivity (Wildman–Crippen MR) is 137 cm³/mol. The molecule has 1 heterocycles. The number of allylic oxidation sites excluding steroid dienone is 1. The zero-order chi connectivity index (χ0) is 25.8. The van der Waals surface area contributed by atoms with Crippen molar-refractivity contribution in [2.24, 2.45) is 5.92 Å². The fourth-order valence-corrected chi connectivity index (χ4v) is 4.35. The minimum absolute atomic E-state index is 0.204. The smallest absolute Gasteiger partial charge is 0.236 e. The molecule has 5 rings (SSSR count). The molecule has 1 aliphatic rings. The Labute approximate surface area is 213 Å². The van der Waals surface area contributed by atoms with E-state index in [1.807, 2.05) is 54.6 Å². The lowest BCUT2D eigenvalue weighted by Crippen LogP contribution is -2.54. The lowest BCUT2D eigenvalue weighted by Gasteiger charge is -2.46. The molecule has 1 aliphatic heterocycles. The van der Waals surface area contributed by atoms with E-state index in [9.17, 15) is 18.4 Å². The number of β-lactam (4-membered cyclic amide) rings is 1. The van der Waals surface area contributed by atoms with E-state index in [1.54, 1.807) is 23.1 Å². The van der Waals surface area contributed by atoms with E-state index < -0.39 is 23.6 Å². The largest absolute Gasteiger partial charge is 0.489 e. The van der Waals surface area contributed by atoms with Crippen LogP contribution in [0.2, 0.25) is 0 Å². The molecule has 0 aromatic heterocycles. The molecule has 0 aliphatic carbocycles. The van der Waals surface area contributed by atoms with E-state index in [0.29, 0.717) is 23.6 Å². The Bertz CT molecular complexity index is 1420. The molecule has 4 aromatic carbocycles. The first-order valence-corrected chi connectivity index (χ1v) is 11.8. The van der Waals surface area contributed by atoms with Crippen molar-refractivity contribution < 1.29 is 23.1 Å². The molecule has 4 aromatic rings. The Balaban J connectivity index is 1.37. The average molecular weight is 496 g/mol. The molecule has 0 saturated carbocycles. The average Bonchev–Trinajstić information content (AvgIpc) is 2.93. The lowest BCUT2D eigenvalue weighted by atomic mass is 9.81. The highest BCUT2D eigenvalue weighted by Crippen LogP contribution is 2.44. The summed E-state index contributed by atoms with van der Waals surface area (Å²) >= 11 is 0. The minimum Gasteiger partial charge on any atom is -0.489 e. The first-order chi connectivity index (χ1) is 18.0. The van der Waals surface area contributed by atoms with Gasteiger partial charge in [-0.25, -0.2) is 8.78 Å². The number of hydrogen-bond acceptors (Lipinski definition) is 3. The Hall–Kier alpha value is -4.58. The Morgan fingerprint density at radius 3 is 2.08 bits per heavy atom. The number of hydrogen-bond donors (Lipinski definition) is 0. The Kier molecular flexibility index (Phi) is 6.90. The van der Waals surface area contributed by atoms with Crippen LogP contribution in [0.25, 0.3) is 0 Å². The Morgan fingerprint density at radius 1 is 0.811 bits per heavy atom. The fraction of sp³-hybridized carbons (Fsp3) is 0.0968. The van der Waals surface area contributed by atoms with Gasteiger partial charge in [0.2, 0.25) is 5.91 Å². The van der Waals surface area contributed by atoms with E-state index in [1.165, 1.54) is 42.5 Å². The van der Waals surface area contributed by atoms with Crippen molar-refractivity contribution in [2.75, 3.05) is 4.90 Å². The number of amides is 1. The first-order valence-electron chi connectivity index (χ1n) is 11.8. The summed E-state index contributed by atoms with van der Waals surface area (Å²) in [6, 6.07) is 27.9. The summed E-state index contributed by atoms with van der Waals surface area (Å²) in [5.41, 5.74) is 2.79. The van der Waals surface area contributed by atoms with Crippen LogP contribution in [0.3, 0.4) is 0 Å². The van der Waals surface area contributed by atoms with Gasteiger partial charge in [-0.3, -0.25) is 9.59 Å². The molecule has 4 nitrogen and oxygen atoms in total. The first kappa shape index (κ1) is 24.1. The van der Waals surface area contributed by atoms with Gasteiger partial charge in [-0.15, -0.1) is 0 Å². The molecule has 0 N–H and O–H groups in total. The van der Waals surface area contributed by atoms with Crippen LogP contribution in [0.5, 0.6) is 5.75 Å². The van der Waals surface area contributed by atoms with Gasteiger partial charge in [0.15, 0.2) is 5.78 Å². The van der Waals surface area contributed by atoms with Crippen LogP contribution in [0.15, 0.2) is 115 Å². The van der Waals surface area contributed by atoms with Gasteiger partial charge >= 0.3 is 0 Å². The van der Waals surface area contributed by atoms with Crippen molar-refractivity contribution in [1.29, 1.82) is 0 Å². The molecule has 0 radical (unpaired) electrons. The maximum absolute atomic E-state index is 13.5. The molecule has 0 unspecified atom stereocenters. The Morgan fingerprint density at radius 2 is 1.43 bits per heavy atom. The maximum Gasteiger partial charge on any atom is 0.236 e. The zero-order valence-electron chi connectivity index (χ0n) is 19.8. The summed E-state index contributed by atoms with van der Waals surface area (Å²) in [6.45, 7) is 0.431. The van der Waals surface area contributed by atoms with E-state index in [-0.39, 0.29) is 11.7 Å². The van der Waals surface area contributed by atoms with Crippen LogP contribution in [-0.4, -0.2) is 11.7 Å². The van der Waals surface area contributed by atoms with Gasteiger partial charge in [0.1, 0.15) is 24.0 Å². The number of benzene rings is 4. The van der Waals surface area contributed by atoms with Crippen molar-refractivity contribution >= 4 is 17.4 Å². The number of rotatable bonds is 8.